The molecule has 52 heavy (non-hydrogen) atoms. The standard InChI is InChI=1S/2C22H16N.2CH3.2FH.Si.Zr/c2*1-15-13-16-7-6-12-22(19(16)14-15)23-20-10-4-2-8-17(20)18-9-3-5-11-21(18)23;;;;;;/h2*2-14H,1H3;2*1H3;2*1H;;/q4*-1;;;;. The van der Waals surface area contributed by atoms with Gasteiger partial charge >= 0.3 is 30.2 Å². The van der Waals surface area contributed by atoms with Gasteiger partial charge in [0.2, 0.25) is 0 Å². The number of fused-ring (bicyclic) bond motifs is 8. The van der Waals surface area contributed by atoms with E-state index in [0.29, 0.717) is 0 Å². The molecule has 0 bridgehead atoms. The molecular formula is C46H40F2N2SiZr-4. The molecule has 2 aromatic heterocycles. The van der Waals surface area contributed by atoms with Crippen molar-refractivity contribution in [3.8, 4) is 11.4 Å². The first kappa shape index (κ1) is 39.9. The molecule has 260 valence electrons. The Labute approximate surface area is 321 Å². The van der Waals surface area contributed by atoms with Gasteiger partial charge in [-0.05, 0) is 24.3 Å². The van der Waals surface area contributed by atoms with Gasteiger partial charge in [-0.3, -0.25) is 9.41 Å². The van der Waals surface area contributed by atoms with Crippen LogP contribution >= 0.6 is 0 Å². The Morgan fingerprint density at radius 2 is 0.692 bits per heavy atom. The van der Waals surface area contributed by atoms with Gasteiger partial charge in [-0.15, -0.1) is 69.1 Å². The van der Waals surface area contributed by atoms with Crippen molar-refractivity contribution in [1.29, 1.82) is 0 Å². The summed E-state index contributed by atoms with van der Waals surface area (Å²) in [6, 6.07) is 56.9. The van der Waals surface area contributed by atoms with E-state index in [2.05, 4.69) is 188 Å². The number of aryl methyl sites for hydroxylation is 2. The third kappa shape index (κ3) is 6.62. The Balaban J connectivity index is 0.000000207. The monoisotopic (exact) mass is 776 g/mol. The predicted octanol–water partition coefficient (Wildman–Crippen LogP) is 12.8. The van der Waals surface area contributed by atoms with E-state index in [9.17, 15) is 0 Å². The van der Waals surface area contributed by atoms with Crippen LogP contribution in [0.3, 0.4) is 0 Å². The van der Waals surface area contributed by atoms with Gasteiger partial charge < -0.3 is 24.0 Å². The first-order valence-corrected chi connectivity index (χ1v) is 20.4. The van der Waals surface area contributed by atoms with E-state index in [0.717, 1.165) is 0 Å². The fourth-order valence-electron chi connectivity index (χ4n) is 7.49. The molecule has 0 aliphatic rings. The van der Waals surface area contributed by atoms with Crippen LogP contribution in [0.1, 0.15) is 11.1 Å². The van der Waals surface area contributed by atoms with Crippen LogP contribution in [0, 0.1) is 28.7 Å². The van der Waals surface area contributed by atoms with E-state index in [-0.39, 0.29) is 24.3 Å². The van der Waals surface area contributed by atoms with Gasteiger partial charge in [0.25, 0.3) is 0 Å². The average Bonchev–Trinajstić information content (AvgIpc) is 3.88. The summed E-state index contributed by atoms with van der Waals surface area (Å²) >= 11 is 1.36. The van der Waals surface area contributed by atoms with Crippen molar-refractivity contribution in [3.63, 3.8) is 0 Å². The third-order valence-corrected chi connectivity index (χ3v) is 9.39. The number of aromatic nitrogens is 2. The van der Waals surface area contributed by atoms with Crippen LogP contribution in [0.5, 0.6) is 0 Å². The summed E-state index contributed by atoms with van der Waals surface area (Å²) in [6.45, 7) is 7.39. The van der Waals surface area contributed by atoms with Gasteiger partial charge in [-0.1, -0.05) is 98.8 Å². The van der Waals surface area contributed by atoms with Crippen LogP contribution in [0.2, 0.25) is 0 Å². The normalized spacial score (nSPS) is 10.4. The molecule has 10 aromatic rings. The molecule has 0 aliphatic carbocycles. The molecule has 6 heteroatoms. The molecule has 0 aliphatic heterocycles. The summed E-state index contributed by atoms with van der Waals surface area (Å²) in [5.41, 5.74) is 10.2. The van der Waals surface area contributed by atoms with Gasteiger partial charge in [0, 0.05) is 32.9 Å². The molecule has 0 N–H and O–H groups in total. The van der Waals surface area contributed by atoms with Gasteiger partial charge in [0.1, 0.15) is 0 Å². The zero-order valence-electron chi connectivity index (χ0n) is 29.7. The Bertz CT molecular complexity index is 2470. The van der Waals surface area contributed by atoms with E-state index >= 15 is 0 Å². The maximum atomic E-state index is 3.06. The average molecular weight is 778 g/mol. The summed E-state index contributed by atoms with van der Waals surface area (Å²) in [4.78, 5) is 0. The number of nitrogens with zero attached hydrogens (tertiary/aromatic N) is 2. The van der Waals surface area contributed by atoms with Crippen LogP contribution in [0.4, 0.5) is 9.41 Å². The molecule has 0 unspecified atom stereocenters. The molecule has 0 amide bonds. The van der Waals surface area contributed by atoms with Gasteiger partial charge in [0.15, 0.2) is 0 Å². The summed E-state index contributed by atoms with van der Waals surface area (Å²) in [7, 11) is 0. The number of halogens is 2. The predicted molar refractivity (Wildman–Crippen MR) is 221 cm³/mol. The van der Waals surface area contributed by atoms with Crippen molar-refractivity contribution < 1.29 is 32.7 Å². The van der Waals surface area contributed by atoms with Gasteiger partial charge in [0.05, 0.1) is 22.1 Å². The number of benzene rings is 6. The minimum absolute atomic E-state index is 0. The molecule has 0 spiro atoms. The van der Waals surface area contributed by atoms with E-state index in [1.165, 1.54) is 111 Å². The first-order chi connectivity index (χ1) is 23.7. The van der Waals surface area contributed by atoms with Crippen molar-refractivity contribution in [1.82, 2.24) is 9.13 Å². The van der Waals surface area contributed by atoms with Crippen molar-refractivity contribution in [3.05, 3.63) is 184 Å². The molecule has 0 fully saturated rings. The minimum atomic E-state index is 0. The van der Waals surface area contributed by atoms with Crippen molar-refractivity contribution in [2.75, 3.05) is 0 Å². The van der Waals surface area contributed by atoms with Gasteiger partial charge in [-0.25, -0.2) is 0 Å². The molecule has 0 saturated carbocycles. The molecule has 2 nitrogen and oxygen atoms in total. The zero-order chi connectivity index (χ0) is 32.8. The maximum absolute atomic E-state index is 3.06. The number of hydrogen-bond donors (Lipinski definition) is 0. The summed E-state index contributed by atoms with van der Waals surface area (Å²) < 4.78 is 4.79. The molecule has 8 aromatic carbocycles. The SMILES string of the molecule is Cc1cc2c(-n3c4ccccc4c4ccccc43)cccc2[cH-]1.Cc1cc2c(-n3c4ccccc4c4ccccc43)cccc2[cH-]1.F.F.[CH3-].[CH3-].[Si]=[Zr]. The second-order valence-corrected chi connectivity index (χ2v) is 12.4. The van der Waals surface area contributed by atoms with Crippen LogP contribution in [-0.4, -0.2) is 16.0 Å². The fourth-order valence-corrected chi connectivity index (χ4v) is 7.49. The van der Waals surface area contributed by atoms with E-state index < -0.39 is 0 Å². The Morgan fingerprint density at radius 3 is 1.00 bits per heavy atom. The van der Waals surface area contributed by atoms with E-state index in [4.69, 9.17) is 0 Å². The number of hydrogen-bond acceptors (Lipinski definition) is 0. The van der Waals surface area contributed by atoms with Crippen LogP contribution in [0.25, 0.3) is 76.5 Å². The van der Waals surface area contributed by atoms with Crippen LogP contribution < -0.4 is 0 Å². The molecular weight excluding hydrogens is 738 g/mol. The Hall–Kier alpha value is -4.90. The second kappa shape index (κ2) is 16.6. The zero-order valence-corrected chi connectivity index (χ0v) is 33.2. The number of rotatable bonds is 2. The fraction of sp³-hybridized carbons (Fsp3) is 0.0435. The third-order valence-electron chi connectivity index (χ3n) is 9.39. The van der Waals surface area contributed by atoms with E-state index in [1.807, 2.05) is 0 Å². The van der Waals surface area contributed by atoms with Crippen molar-refractivity contribution in [2.45, 2.75) is 13.8 Å². The second-order valence-electron chi connectivity index (χ2n) is 12.4. The first-order valence-electron chi connectivity index (χ1n) is 16.2. The van der Waals surface area contributed by atoms with Crippen LogP contribution in [-0.2, 0) is 23.3 Å². The van der Waals surface area contributed by atoms with Crippen molar-refractivity contribution in [2.24, 2.45) is 0 Å². The summed E-state index contributed by atoms with van der Waals surface area (Å²) in [5, 5.41) is 10.5. The molecule has 0 atom stereocenters. The Kier molecular flexibility index (Phi) is 12.8. The summed E-state index contributed by atoms with van der Waals surface area (Å²) in [6.07, 6.45) is 0. The molecule has 0 saturated heterocycles. The molecule has 10 rings (SSSR count). The molecule has 2 heterocycles. The number of para-hydroxylation sites is 4. The van der Waals surface area contributed by atoms with Crippen LogP contribution in [0.15, 0.2) is 158 Å². The Morgan fingerprint density at radius 1 is 0.404 bits per heavy atom. The quantitative estimate of drug-likeness (QED) is 0.122. The molecule has 2 radical (unpaired) electrons. The van der Waals surface area contributed by atoms with E-state index in [1.54, 1.807) is 0 Å². The topological polar surface area (TPSA) is 9.86 Å². The van der Waals surface area contributed by atoms with Gasteiger partial charge in [-0.2, -0.15) is 12.1 Å². The summed E-state index contributed by atoms with van der Waals surface area (Å²) in [5.74, 6) is 0. The van der Waals surface area contributed by atoms with Crippen molar-refractivity contribution >= 4 is 72.0 Å².